The fourth-order valence-corrected chi connectivity index (χ4v) is 7.40. The number of anilines is 4. The molecule has 0 fully saturated rings. The van der Waals surface area contributed by atoms with Gasteiger partial charge < -0.3 is 21.3 Å². The minimum Gasteiger partial charge on any atom is -0.324 e. The zero-order chi connectivity index (χ0) is 51.8. The summed E-state index contributed by atoms with van der Waals surface area (Å²) in [6.45, 7) is 5.64. The average Bonchev–Trinajstić information content (AvgIpc) is 3.26. The topological polar surface area (TPSA) is 200 Å². The molecule has 0 spiro atoms. The molecule has 0 aliphatic rings. The lowest BCUT2D eigenvalue weighted by Gasteiger charge is -2.19. The summed E-state index contributed by atoms with van der Waals surface area (Å²) in [4.78, 5) is 78.8. The number of Topliss-reactive ketones (excluding diaryl/α,β-unsaturated/α-hetero) is 2. The van der Waals surface area contributed by atoms with Crippen LogP contribution in [-0.4, -0.2) is 47.3 Å². The highest BCUT2D eigenvalue weighted by Gasteiger charge is 2.33. The van der Waals surface area contributed by atoms with Crippen molar-refractivity contribution in [3.8, 4) is 0 Å². The number of benzene rings is 5. The number of rotatable bonds is 16. The standard InChI is InChI=1S/C46H36Cl4F6N8O6/c1-5-23-13-29(59-43(69)38(21(3)65)63-61-34-11-7-9-32(36(34)49)41(67)57-30-17-25(45(51,52)53)15-27(47)19-30)14-24(6-2)40(23)60-44(70)39(22(4)66)64-62-35-12-8-10-33(37(35)50)42(68)58-31-18-26(46(54,55)56)16-28(48)20-31/h7-20,38-39H,5-6H2,1-4H3,(H,57,67)(H,58,68)(H,59,69)(H,60,70). The Labute approximate surface area is 414 Å². The van der Waals surface area contributed by atoms with Crippen LogP contribution in [-0.2, 0) is 44.4 Å². The molecule has 5 rings (SSSR count). The Morgan fingerprint density at radius 2 is 0.900 bits per heavy atom. The number of hydrogen-bond acceptors (Lipinski definition) is 10. The quantitative estimate of drug-likeness (QED) is 0.0430. The van der Waals surface area contributed by atoms with Crippen LogP contribution in [0, 0.1) is 0 Å². The summed E-state index contributed by atoms with van der Waals surface area (Å²) in [5, 5.41) is 24.4. The van der Waals surface area contributed by atoms with Gasteiger partial charge in [0, 0.05) is 32.8 Å². The largest absolute Gasteiger partial charge is 0.416 e. The number of amides is 4. The second-order valence-electron chi connectivity index (χ2n) is 15.0. The van der Waals surface area contributed by atoms with Crippen molar-refractivity contribution in [2.75, 3.05) is 21.3 Å². The molecule has 2 unspecified atom stereocenters. The Morgan fingerprint density at radius 3 is 1.26 bits per heavy atom. The van der Waals surface area contributed by atoms with Crippen molar-refractivity contribution in [2.45, 2.75) is 65.0 Å². The molecule has 0 radical (unpaired) electrons. The van der Waals surface area contributed by atoms with Crippen LogP contribution in [0.15, 0.2) is 105 Å². The van der Waals surface area contributed by atoms with Gasteiger partial charge >= 0.3 is 12.4 Å². The van der Waals surface area contributed by atoms with Gasteiger partial charge in [-0.05, 0) is 111 Å². The summed E-state index contributed by atoms with van der Waals surface area (Å²) in [6.07, 6.45) is -8.95. The number of carbonyl (C=O) groups excluding carboxylic acids is 6. The van der Waals surface area contributed by atoms with E-state index in [0.29, 0.717) is 35.4 Å². The van der Waals surface area contributed by atoms with Crippen LogP contribution in [0.25, 0.3) is 0 Å². The van der Waals surface area contributed by atoms with Gasteiger partial charge in [0.1, 0.15) is 11.4 Å². The molecular formula is C46H36Cl4F6N8O6. The first-order valence-corrected chi connectivity index (χ1v) is 21.9. The van der Waals surface area contributed by atoms with Crippen LogP contribution in [0.2, 0.25) is 20.1 Å². The van der Waals surface area contributed by atoms with Gasteiger partial charge in [-0.1, -0.05) is 72.4 Å². The summed E-state index contributed by atoms with van der Waals surface area (Å²) in [6, 6.07) is 12.3. The molecule has 70 heavy (non-hydrogen) atoms. The minimum atomic E-state index is -4.75. The molecule has 366 valence electrons. The van der Waals surface area contributed by atoms with Crippen LogP contribution in [0.5, 0.6) is 0 Å². The Bertz CT molecular complexity index is 2940. The first kappa shape index (κ1) is 54.2. The van der Waals surface area contributed by atoms with Crippen LogP contribution < -0.4 is 21.3 Å². The van der Waals surface area contributed by atoms with Gasteiger partial charge in [-0.25, -0.2) is 0 Å². The highest BCUT2D eigenvalue weighted by atomic mass is 35.5. The van der Waals surface area contributed by atoms with Crippen LogP contribution in [0.3, 0.4) is 0 Å². The van der Waals surface area contributed by atoms with Crippen molar-refractivity contribution in [3.05, 3.63) is 138 Å². The number of aryl methyl sites for hydroxylation is 2. The molecule has 24 heteroatoms. The fourth-order valence-electron chi connectivity index (χ4n) is 6.43. The van der Waals surface area contributed by atoms with Crippen molar-refractivity contribution < 1.29 is 55.1 Å². The van der Waals surface area contributed by atoms with Crippen molar-refractivity contribution in [1.82, 2.24) is 0 Å². The summed E-state index contributed by atoms with van der Waals surface area (Å²) in [5.41, 5.74) is -2.14. The average molecular weight is 1050 g/mol. The second kappa shape index (κ2) is 22.8. The SMILES string of the molecule is CCc1cc(NC(=O)C(N=Nc2cccc(C(=O)Nc3cc(Cl)cc(C(F)(F)F)c3)c2Cl)C(C)=O)cc(CC)c1NC(=O)C(N=Nc1cccc(C(=O)Nc2cc(Cl)cc(C(F)(F)F)c2)c1Cl)C(C)=O. The molecule has 0 saturated carbocycles. The van der Waals surface area contributed by atoms with E-state index in [1.165, 1.54) is 48.5 Å². The normalized spacial score (nSPS) is 12.7. The Hall–Kier alpha value is -6.74. The van der Waals surface area contributed by atoms with E-state index >= 15 is 0 Å². The molecular weight excluding hydrogens is 1020 g/mol. The van der Waals surface area contributed by atoms with Crippen molar-refractivity contribution in [2.24, 2.45) is 20.5 Å². The summed E-state index contributed by atoms with van der Waals surface area (Å²) in [5.74, 6) is -5.19. The van der Waals surface area contributed by atoms with E-state index in [0.717, 1.165) is 26.0 Å². The lowest BCUT2D eigenvalue weighted by molar-refractivity contribution is -0.138. The first-order valence-electron chi connectivity index (χ1n) is 20.4. The molecule has 14 nitrogen and oxygen atoms in total. The first-order chi connectivity index (χ1) is 32.8. The number of halogens is 10. The number of carbonyl (C=O) groups is 6. The molecule has 0 bridgehead atoms. The van der Waals surface area contributed by atoms with Gasteiger partial charge in [0.25, 0.3) is 23.6 Å². The zero-order valence-corrected chi connectivity index (χ0v) is 39.7. The lowest BCUT2D eigenvalue weighted by Crippen LogP contribution is -2.33. The van der Waals surface area contributed by atoms with Gasteiger partial charge in [-0.15, -0.1) is 0 Å². The van der Waals surface area contributed by atoms with Gasteiger partial charge in [0.2, 0.25) is 12.1 Å². The van der Waals surface area contributed by atoms with Gasteiger partial charge in [-0.3, -0.25) is 28.8 Å². The molecule has 5 aromatic carbocycles. The number of azo groups is 2. The second-order valence-corrected chi connectivity index (χ2v) is 16.6. The van der Waals surface area contributed by atoms with E-state index in [9.17, 15) is 55.1 Å². The summed E-state index contributed by atoms with van der Waals surface area (Å²) < 4.78 is 79.9. The number of hydrogen-bond donors (Lipinski definition) is 4. The Balaban J connectivity index is 1.31. The van der Waals surface area contributed by atoms with Crippen LogP contribution in [0.4, 0.5) is 60.5 Å². The fraction of sp³-hybridized carbons (Fsp3) is 0.217. The predicted octanol–water partition coefficient (Wildman–Crippen LogP) is 13.3. The van der Waals surface area contributed by atoms with E-state index in [4.69, 9.17) is 46.4 Å². The van der Waals surface area contributed by atoms with Crippen LogP contribution >= 0.6 is 46.4 Å². The van der Waals surface area contributed by atoms with Crippen molar-refractivity contribution >= 4 is 116 Å². The monoisotopic (exact) mass is 1050 g/mol. The maximum atomic E-state index is 13.7. The summed E-state index contributed by atoms with van der Waals surface area (Å²) in [7, 11) is 0. The maximum absolute atomic E-state index is 13.7. The van der Waals surface area contributed by atoms with E-state index in [2.05, 4.69) is 41.7 Å². The molecule has 4 N–H and O–H groups in total. The number of nitrogens with zero attached hydrogens (tertiary/aromatic N) is 4. The Kier molecular flexibility index (Phi) is 17.6. The number of ketones is 2. The van der Waals surface area contributed by atoms with Gasteiger partial charge in [0.15, 0.2) is 11.6 Å². The van der Waals surface area contributed by atoms with E-state index in [1.54, 1.807) is 13.8 Å². The molecule has 0 aromatic heterocycles. The van der Waals surface area contributed by atoms with E-state index in [-0.39, 0.29) is 78.2 Å². The van der Waals surface area contributed by atoms with Gasteiger partial charge in [0.05, 0.1) is 32.3 Å². The summed E-state index contributed by atoms with van der Waals surface area (Å²) >= 11 is 24.5. The Morgan fingerprint density at radius 1 is 0.529 bits per heavy atom. The van der Waals surface area contributed by atoms with E-state index < -0.39 is 70.8 Å². The molecule has 0 aliphatic carbocycles. The highest BCUT2D eigenvalue weighted by molar-refractivity contribution is 6.37. The van der Waals surface area contributed by atoms with Gasteiger partial charge in [-0.2, -0.15) is 46.8 Å². The molecule has 0 aliphatic heterocycles. The molecule has 4 amide bonds. The maximum Gasteiger partial charge on any atom is 0.416 e. The predicted molar refractivity (Wildman–Crippen MR) is 252 cm³/mol. The minimum absolute atomic E-state index is 0.162. The third kappa shape index (κ3) is 13.7. The number of alkyl halides is 6. The lowest BCUT2D eigenvalue weighted by atomic mass is 10.0. The number of nitrogens with one attached hydrogen (secondary N) is 4. The zero-order valence-electron chi connectivity index (χ0n) is 36.7. The van der Waals surface area contributed by atoms with Crippen molar-refractivity contribution in [3.63, 3.8) is 0 Å². The molecule has 0 saturated heterocycles. The molecule has 2 atom stereocenters. The molecule has 0 heterocycles. The third-order valence-electron chi connectivity index (χ3n) is 9.82. The van der Waals surface area contributed by atoms with E-state index in [1.807, 2.05) is 0 Å². The smallest absolute Gasteiger partial charge is 0.324 e. The van der Waals surface area contributed by atoms with Crippen molar-refractivity contribution in [1.29, 1.82) is 0 Å². The molecule has 5 aromatic rings. The third-order valence-corrected chi connectivity index (χ3v) is 11.1. The highest BCUT2D eigenvalue weighted by Crippen LogP contribution is 2.37. The van der Waals surface area contributed by atoms with Crippen LogP contribution in [0.1, 0.15) is 70.7 Å².